The van der Waals surface area contributed by atoms with Gasteiger partial charge >= 0.3 is 11.4 Å². The molecule has 5 rings (SSSR count). The van der Waals surface area contributed by atoms with Gasteiger partial charge in [0.15, 0.2) is 0 Å². The number of hydrogen-bond donors (Lipinski definition) is 3. The third kappa shape index (κ3) is 9.19. The lowest BCUT2D eigenvalue weighted by molar-refractivity contribution is 0.102. The minimum absolute atomic E-state index is 0.0431. The molecule has 0 spiro atoms. The van der Waals surface area contributed by atoms with Crippen molar-refractivity contribution in [3.63, 3.8) is 0 Å². The lowest BCUT2D eigenvalue weighted by Crippen LogP contribution is -2.38. The van der Waals surface area contributed by atoms with Crippen LogP contribution in [-0.2, 0) is 6.54 Å². The van der Waals surface area contributed by atoms with Crippen molar-refractivity contribution in [2.45, 2.75) is 73.8 Å². The van der Waals surface area contributed by atoms with Gasteiger partial charge in [-0.25, -0.2) is 9.59 Å². The molecule has 0 saturated carbocycles. The number of H-pyrrole nitrogens is 3. The zero-order valence-electron chi connectivity index (χ0n) is 29.7. The number of hydrogen-bond acceptors (Lipinski definition) is 6. The normalized spacial score (nSPS) is 11.1. The summed E-state index contributed by atoms with van der Waals surface area (Å²) in [6.45, 7) is 14.9. The highest BCUT2D eigenvalue weighted by atomic mass is 35.5. The maximum atomic E-state index is 13.6. The molecule has 2 aromatic heterocycles. The Hall–Kier alpha value is -5.06. The summed E-state index contributed by atoms with van der Waals surface area (Å²) >= 11 is 12.2. The van der Waals surface area contributed by atoms with Crippen LogP contribution in [0, 0.1) is 27.7 Å². The number of halogens is 2. The molecule has 0 aliphatic carbocycles. The van der Waals surface area contributed by atoms with E-state index < -0.39 is 22.5 Å². The summed E-state index contributed by atoms with van der Waals surface area (Å²) in [5.74, 6) is -1.15. The standard InChI is InChI=1S/C23H22Cl2N2O3.C16H18N2O3/c1-12(2)19-20(21(28)16-6-13(3)5-14(4)7-16)27(23(30)26-22(19)29)11-15-8-17(24)10-18(25)9-15;1-8(2)12-13(17-16(21)18-15(12)20)14(19)11-6-9(3)5-10(4)7-11/h5-10,12H,11H2,1-4H3,(H,26,29,30);5-8H,1-4H3,(H2,17,18,20,21). The second kappa shape index (κ2) is 15.9. The van der Waals surface area contributed by atoms with Crippen LogP contribution in [0.1, 0.15) is 111 Å². The number of benzene rings is 3. The molecule has 0 aliphatic heterocycles. The molecular formula is C39H40Cl2N4O6. The van der Waals surface area contributed by atoms with Gasteiger partial charge in [0, 0.05) is 32.3 Å². The Bertz CT molecular complexity index is 2340. The van der Waals surface area contributed by atoms with E-state index in [4.69, 9.17) is 23.2 Å². The summed E-state index contributed by atoms with van der Waals surface area (Å²) in [5, 5.41) is 0.836. The van der Waals surface area contributed by atoms with Crippen LogP contribution in [-0.4, -0.2) is 31.1 Å². The molecule has 10 nitrogen and oxygen atoms in total. The van der Waals surface area contributed by atoms with Gasteiger partial charge in [0.2, 0.25) is 11.6 Å². The Morgan fingerprint density at radius 2 is 1.06 bits per heavy atom. The van der Waals surface area contributed by atoms with Crippen LogP contribution in [0.15, 0.2) is 73.8 Å². The second-order valence-corrected chi connectivity index (χ2v) is 14.2. The Morgan fingerprint density at radius 1 is 0.608 bits per heavy atom. The van der Waals surface area contributed by atoms with Crippen molar-refractivity contribution < 1.29 is 9.59 Å². The molecule has 0 aliphatic rings. The second-order valence-electron chi connectivity index (χ2n) is 13.3. The van der Waals surface area contributed by atoms with Gasteiger partial charge in [-0.2, -0.15) is 0 Å². The van der Waals surface area contributed by atoms with E-state index in [9.17, 15) is 28.8 Å². The molecular weight excluding hydrogens is 691 g/mol. The first-order valence-electron chi connectivity index (χ1n) is 16.3. The third-order valence-corrected chi connectivity index (χ3v) is 8.48. The fourth-order valence-corrected chi connectivity index (χ4v) is 6.69. The molecule has 2 heterocycles. The van der Waals surface area contributed by atoms with E-state index in [1.54, 1.807) is 56.3 Å². The Morgan fingerprint density at radius 3 is 1.53 bits per heavy atom. The van der Waals surface area contributed by atoms with Crippen LogP contribution in [0.2, 0.25) is 10.0 Å². The molecule has 3 aromatic carbocycles. The molecule has 51 heavy (non-hydrogen) atoms. The predicted molar refractivity (Wildman–Crippen MR) is 201 cm³/mol. The number of carbonyl (C=O) groups is 2. The summed E-state index contributed by atoms with van der Waals surface area (Å²) in [5.41, 5.74) is 3.63. The fourth-order valence-electron chi connectivity index (χ4n) is 6.12. The zero-order valence-corrected chi connectivity index (χ0v) is 31.2. The molecule has 0 amide bonds. The lowest BCUT2D eigenvalue weighted by atomic mass is 9.95. The predicted octanol–water partition coefficient (Wildman–Crippen LogP) is 6.90. The third-order valence-electron chi connectivity index (χ3n) is 8.04. The molecule has 12 heteroatoms. The Kier molecular flexibility index (Phi) is 12.1. The van der Waals surface area contributed by atoms with Crippen LogP contribution < -0.4 is 22.5 Å². The SMILES string of the molecule is Cc1cc(C)cc(C(=O)c2[nH]c(=O)[nH]c(=O)c2C(C)C)c1.Cc1cc(C)cc(C(=O)c2c(C(C)C)c(=O)[nH]c(=O)n2Cc2cc(Cl)cc(Cl)c2)c1. The number of nitrogens with zero attached hydrogens (tertiary/aromatic N) is 1. The number of nitrogens with one attached hydrogen (secondary N) is 3. The van der Waals surface area contributed by atoms with Gasteiger partial charge < -0.3 is 4.98 Å². The summed E-state index contributed by atoms with van der Waals surface area (Å²) in [7, 11) is 0. The van der Waals surface area contributed by atoms with Gasteiger partial charge in [0.25, 0.3) is 11.1 Å². The topological polar surface area (TPSA) is 155 Å². The molecule has 0 fully saturated rings. The summed E-state index contributed by atoms with van der Waals surface area (Å²) in [6, 6.07) is 15.9. The largest absolute Gasteiger partial charge is 0.329 e. The maximum Gasteiger partial charge on any atom is 0.329 e. The van der Waals surface area contributed by atoms with E-state index in [1.807, 2.05) is 53.7 Å². The number of aromatic nitrogens is 4. The molecule has 0 radical (unpaired) electrons. The Labute approximate surface area is 304 Å². The van der Waals surface area contributed by atoms with Gasteiger partial charge in [-0.3, -0.25) is 33.7 Å². The van der Waals surface area contributed by atoms with Crippen LogP contribution in [0.5, 0.6) is 0 Å². The van der Waals surface area contributed by atoms with Crippen LogP contribution >= 0.6 is 23.2 Å². The average molecular weight is 732 g/mol. The monoisotopic (exact) mass is 730 g/mol. The van der Waals surface area contributed by atoms with Crippen molar-refractivity contribution in [2.75, 3.05) is 0 Å². The van der Waals surface area contributed by atoms with Gasteiger partial charge in [-0.15, -0.1) is 0 Å². The smallest absolute Gasteiger partial charge is 0.304 e. The molecule has 5 aromatic rings. The minimum atomic E-state index is -0.669. The molecule has 0 unspecified atom stereocenters. The van der Waals surface area contributed by atoms with E-state index in [0.717, 1.165) is 22.3 Å². The van der Waals surface area contributed by atoms with E-state index in [-0.39, 0.29) is 46.9 Å². The molecule has 266 valence electrons. The zero-order chi connectivity index (χ0) is 37.9. The summed E-state index contributed by atoms with van der Waals surface area (Å²) < 4.78 is 1.29. The molecule has 0 atom stereocenters. The van der Waals surface area contributed by atoms with Gasteiger partial charge in [-0.05, 0) is 87.6 Å². The van der Waals surface area contributed by atoms with Crippen molar-refractivity contribution in [3.05, 3.63) is 168 Å². The molecule has 3 N–H and O–H groups in total. The van der Waals surface area contributed by atoms with Gasteiger partial charge in [-0.1, -0.05) is 85.3 Å². The van der Waals surface area contributed by atoms with Crippen molar-refractivity contribution in [1.29, 1.82) is 0 Å². The minimum Gasteiger partial charge on any atom is -0.304 e. The first-order valence-corrected chi connectivity index (χ1v) is 17.1. The quantitative estimate of drug-likeness (QED) is 0.148. The highest BCUT2D eigenvalue weighted by Gasteiger charge is 2.25. The summed E-state index contributed by atoms with van der Waals surface area (Å²) in [4.78, 5) is 82.0. The first kappa shape index (κ1) is 38.7. The van der Waals surface area contributed by atoms with Crippen molar-refractivity contribution >= 4 is 34.8 Å². The number of carbonyl (C=O) groups excluding carboxylic acids is 2. The van der Waals surface area contributed by atoms with E-state index in [2.05, 4.69) is 15.0 Å². The highest BCUT2D eigenvalue weighted by molar-refractivity contribution is 6.34. The highest BCUT2D eigenvalue weighted by Crippen LogP contribution is 2.23. The number of aromatic amines is 3. The van der Waals surface area contributed by atoms with Crippen LogP contribution in [0.4, 0.5) is 0 Å². The van der Waals surface area contributed by atoms with Crippen LogP contribution in [0.3, 0.4) is 0 Å². The van der Waals surface area contributed by atoms with E-state index >= 15 is 0 Å². The lowest BCUT2D eigenvalue weighted by Gasteiger charge is -2.18. The number of ketones is 2. The first-order chi connectivity index (χ1) is 23.9. The van der Waals surface area contributed by atoms with Crippen LogP contribution in [0.25, 0.3) is 0 Å². The van der Waals surface area contributed by atoms with Crippen molar-refractivity contribution in [1.82, 2.24) is 19.5 Å². The van der Waals surface area contributed by atoms with Crippen molar-refractivity contribution in [2.24, 2.45) is 0 Å². The van der Waals surface area contributed by atoms with Gasteiger partial charge in [0.05, 0.1) is 12.2 Å². The maximum absolute atomic E-state index is 13.6. The molecule has 0 bridgehead atoms. The average Bonchev–Trinajstić information content (AvgIpc) is 2.99. The van der Waals surface area contributed by atoms with E-state index in [0.29, 0.717) is 32.3 Å². The Balaban J connectivity index is 0.000000244. The summed E-state index contributed by atoms with van der Waals surface area (Å²) in [6.07, 6.45) is 0. The molecule has 0 saturated heterocycles. The number of aryl methyl sites for hydroxylation is 4. The van der Waals surface area contributed by atoms with Crippen molar-refractivity contribution in [3.8, 4) is 0 Å². The number of rotatable bonds is 8. The fraction of sp³-hybridized carbons (Fsp3) is 0.282. The van der Waals surface area contributed by atoms with E-state index in [1.165, 1.54) is 4.57 Å². The van der Waals surface area contributed by atoms with Gasteiger partial charge in [0.1, 0.15) is 5.69 Å².